The highest BCUT2D eigenvalue weighted by molar-refractivity contribution is 5.79. The molecule has 1 N–H and O–H groups in total. The van der Waals surface area contributed by atoms with Crippen LogP contribution < -0.4 is 14.4 Å². The second-order valence-electron chi connectivity index (χ2n) is 9.12. The Balaban J connectivity index is 1.35. The molecule has 1 aliphatic heterocycles. The predicted molar refractivity (Wildman–Crippen MR) is 131 cm³/mol. The van der Waals surface area contributed by atoms with Crippen LogP contribution in [0.4, 0.5) is 5.69 Å². The monoisotopic (exact) mass is 460 g/mol. The Morgan fingerprint density at radius 3 is 2.68 bits per heavy atom. The van der Waals surface area contributed by atoms with Gasteiger partial charge in [0.2, 0.25) is 5.91 Å². The molecule has 0 spiro atoms. The van der Waals surface area contributed by atoms with Crippen LogP contribution >= 0.6 is 0 Å². The molecule has 0 radical (unpaired) electrons. The first kappa shape index (κ1) is 22.3. The van der Waals surface area contributed by atoms with Crippen LogP contribution in [-0.4, -0.2) is 59.7 Å². The number of ether oxygens (including phenoxy) is 2. The summed E-state index contributed by atoms with van der Waals surface area (Å²) in [7, 11) is 1.68. The van der Waals surface area contributed by atoms with Gasteiger partial charge in [-0.25, -0.2) is 4.98 Å². The fourth-order valence-corrected chi connectivity index (χ4v) is 4.75. The number of piperazine rings is 1. The fraction of sp³-hybridized carbons (Fsp3) is 0.407. The maximum absolute atomic E-state index is 13.2. The van der Waals surface area contributed by atoms with Gasteiger partial charge < -0.3 is 24.3 Å². The molecule has 1 saturated heterocycles. The van der Waals surface area contributed by atoms with E-state index >= 15 is 0 Å². The molecule has 1 saturated carbocycles. The van der Waals surface area contributed by atoms with Crippen LogP contribution in [0.1, 0.15) is 30.5 Å². The summed E-state index contributed by atoms with van der Waals surface area (Å²) < 4.78 is 11.8. The van der Waals surface area contributed by atoms with Crippen molar-refractivity contribution in [2.45, 2.75) is 44.2 Å². The highest BCUT2D eigenvalue weighted by atomic mass is 16.5. The van der Waals surface area contributed by atoms with Crippen molar-refractivity contribution in [1.29, 1.82) is 0 Å². The van der Waals surface area contributed by atoms with Gasteiger partial charge in [0.25, 0.3) is 0 Å². The normalized spacial score (nSPS) is 18.4. The van der Waals surface area contributed by atoms with Crippen molar-refractivity contribution < 1.29 is 14.3 Å². The van der Waals surface area contributed by atoms with Crippen molar-refractivity contribution >= 4 is 11.6 Å². The Kier molecular flexibility index (Phi) is 6.70. The first-order valence-electron chi connectivity index (χ1n) is 12.1. The molecule has 1 unspecified atom stereocenters. The SMILES string of the molecule is COc1ccc(N2CCN(C(=O)Cc3c[nH]cn3)C(Cc3ccccc3)C2)cc1OC1CCC1. The molecule has 2 aromatic carbocycles. The first-order chi connectivity index (χ1) is 16.7. The minimum absolute atomic E-state index is 0.0701. The van der Waals surface area contributed by atoms with Gasteiger partial charge in [-0.05, 0) is 43.4 Å². The van der Waals surface area contributed by atoms with E-state index in [1.54, 1.807) is 19.6 Å². The lowest BCUT2D eigenvalue weighted by Gasteiger charge is -2.43. The standard InChI is InChI=1S/C27H32N4O3/c1-33-25-11-10-22(16-26(25)34-24-8-5-9-24)30-12-13-31(27(32)15-21-17-28-19-29-21)23(18-30)14-20-6-3-2-4-7-20/h2-4,6-7,10-11,16-17,19,23-24H,5,8-9,12-15,18H2,1H3,(H,28,29). The van der Waals surface area contributed by atoms with Gasteiger partial charge in [-0.1, -0.05) is 30.3 Å². The molecule has 1 amide bonds. The summed E-state index contributed by atoms with van der Waals surface area (Å²) in [6.45, 7) is 2.20. The van der Waals surface area contributed by atoms with Gasteiger partial charge in [0.1, 0.15) is 0 Å². The number of nitrogens with zero attached hydrogens (tertiary/aromatic N) is 3. The third kappa shape index (κ3) is 5.03. The first-order valence-corrected chi connectivity index (χ1v) is 12.1. The lowest BCUT2D eigenvalue weighted by molar-refractivity contribution is -0.133. The average Bonchev–Trinajstić information content (AvgIpc) is 3.35. The summed E-state index contributed by atoms with van der Waals surface area (Å²) in [5.41, 5.74) is 3.11. The summed E-state index contributed by atoms with van der Waals surface area (Å²) in [6.07, 6.45) is 8.25. The van der Waals surface area contributed by atoms with Crippen molar-refractivity contribution in [3.8, 4) is 11.5 Å². The molecular formula is C27H32N4O3. The molecule has 1 aromatic heterocycles. The van der Waals surface area contributed by atoms with E-state index in [9.17, 15) is 4.79 Å². The number of imidazole rings is 1. The molecule has 0 bridgehead atoms. The number of aromatic amines is 1. The lowest BCUT2D eigenvalue weighted by atomic mass is 9.96. The molecule has 3 aromatic rings. The van der Waals surface area contributed by atoms with Gasteiger partial charge in [0.05, 0.1) is 37.7 Å². The van der Waals surface area contributed by atoms with Gasteiger partial charge in [-0.2, -0.15) is 0 Å². The molecule has 5 rings (SSSR count). The van der Waals surface area contributed by atoms with E-state index in [2.05, 4.69) is 51.3 Å². The van der Waals surface area contributed by atoms with Gasteiger partial charge in [-0.3, -0.25) is 4.79 Å². The number of hydrogen-bond donors (Lipinski definition) is 1. The van der Waals surface area contributed by atoms with Crippen LogP contribution in [0.2, 0.25) is 0 Å². The minimum atomic E-state index is 0.0701. The van der Waals surface area contributed by atoms with Crippen LogP contribution in [0.15, 0.2) is 61.1 Å². The molecule has 1 aliphatic carbocycles. The van der Waals surface area contributed by atoms with Crippen LogP contribution in [-0.2, 0) is 17.6 Å². The van der Waals surface area contributed by atoms with E-state index in [0.29, 0.717) is 13.0 Å². The maximum Gasteiger partial charge on any atom is 0.229 e. The second kappa shape index (κ2) is 10.2. The molecule has 2 fully saturated rings. The number of benzene rings is 2. The number of hydrogen-bond acceptors (Lipinski definition) is 5. The number of anilines is 1. The highest BCUT2D eigenvalue weighted by Gasteiger charge is 2.31. The average molecular weight is 461 g/mol. The van der Waals surface area contributed by atoms with Crippen molar-refractivity contribution in [3.63, 3.8) is 0 Å². The number of rotatable bonds is 8. The van der Waals surface area contributed by atoms with Crippen molar-refractivity contribution in [3.05, 3.63) is 72.3 Å². The number of nitrogens with one attached hydrogen (secondary N) is 1. The van der Waals surface area contributed by atoms with E-state index in [0.717, 1.165) is 55.2 Å². The number of carbonyl (C=O) groups excluding carboxylic acids is 1. The Bertz CT molecular complexity index is 1080. The van der Waals surface area contributed by atoms with Gasteiger partial charge in [0.15, 0.2) is 11.5 Å². The molecule has 2 heterocycles. The molecule has 7 heteroatoms. The third-order valence-electron chi connectivity index (χ3n) is 6.86. The van der Waals surface area contributed by atoms with Gasteiger partial charge in [0, 0.05) is 37.6 Å². The topological polar surface area (TPSA) is 70.7 Å². The maximum atomic E-state index is 13.2. The van der Waals surface area contributed by atoms with E-state index in [-0.39, 0.29) is 18.1 Å². The van der Waals surface area contributed by atoms with E-state index in [1.165, 1.54) is 12.0 Å². The van der Waals surface area contributed by atoms with Gasteiger partial charge in [-0.15, -0.1) is 0 Å². The summed E-state index contributed by atoms with van der Waals surface area (Å²) >= 11 is 0. The highest BCUT2D eigenvalue weighted by Crippen LogP contribution is 2.36. The lowest BCUT2D eigenvalue weighted by Crippen LogP contribution is -2.56. The van der Waals surface area contributed by atoms with Crippen molar-refractivity contribution in [1.82, 2.24) is 14.9 Å². The molecular weight excluding hydrogens is 428 g/mol. The number of amides is 1. The third-order valence-corrected chi connectivity index (χ3v) is 6.86. The van der Waals surface area contributed by atoms with E-state index in [4.69, 9.17) is 9.47 Å². The summed E-state index contributed by atoms with van der Waals surface area (Å²) in [4.78, 5) is 24.8. The number of carbonyl (C=O) groups is 1. The molecule has 178 valence electrons. The zero-order chi connectivity index (χ0) is 23.3. The number of methoxy groups -OCH3 is 1. The quantitative estimate of drug-likeness (QED) is 0.553. The predicted octanol–water partition coefficient (Wildman–Crippen LogP) is 3.85. The van der Waals surface area contributed by atoms with Crippen LogP contribution in [0.25, 0.3) is 0 Å². The zero-order valence-corrected chi connectivity index (χ0v) is 19.7. The van der Waals surface area contributed by atoms with Crippen LogP contribution in [0.5, 0.6) is 11.5 Å². The van der Waals surface area contributed by atoms with Crippen molar-refractivity contribution in [2.24, 2.45) is 0 Å². The Hall–Kier alpha value is -3.48. The smallest absolute Gasteiger partial charge is 0.229 e. The van der Waals surface area contributed by atoms with Crippen molar-refractivity contribution in [2.75, 3.05) is 31.6 Å². The Morgan fingerprint density at radius 2 is 1.97 bits per heavy atom. The largest absolute Gasteiger partial charge is 0.493 e. The number of H-pyrrole nitrogens is 1. The summed E-state index contributed by atoms with van der Waals surface area (Å²) in [6, 6.07) is 16.6. The Morgan fingerprint density at radius 1 is 1.12 bits per heavy atom. The van der Waals surface area contributed by atoms with Gasteiger partial charge >= 0.3 is 0 Å². The van der Waals surface area contributed by atoms with Crippen LogP contribution in [0.3, 0.4) is 0 Å². The zero-order valence-electron chi connectivity index (χ0n) is 19.7. The molecule has 34 heavy (non-hydrogen) atoms. The fourth-order valence-electron chi connectivity index (χ4n) is 4.75. The van der Waals surface area contributed by atoms with Crippen LogP contribution in [0, 0.1) is 0 Å². The molecule has 7 nitrogen and oxygen atoms in total. The Labute approximate surface area is 200 Å². The molecule has 2 aliphatic rings. The van der Waals surface area contributed by atoms with E-state index in [1.807, 2.05) is 17.0 Å². The van der Waals surface area contributed by atoms with E-state index < -0.39 is 0 Å². The summed E-state index contributed by atoms with van der Waals surface area (Å²) in [5.74, 6) is 1.70. The second-order valence-corrected chi connectivity index (χ2v) is 9.12. The number of aromatic nitrogens is 2. The molecule has 1 atom stereocenters. The summed E-state index contributed by atoms with van der Waals surface area (Å²) in [5, 5.41) is 0. The minimum Gasteiger partial charge on any atom is -0.493 e.